The summed E-state index contributed by atoms with van der Waals surface area (Å²) in [6.07, 6.45) is 3.12. The number of morpholine rings is 1. The fraction of sp³-hybridized carbons (Fsp3) is 0.562. The summed E-state index contributed by atoms with van der Waals surface area (Å²) >= 11 is 0. The van der Waals surface area contributed by atoms with E-state index in [0.29, 0.717) is 6.04 Å². The minimum atomic E-state index is 0.109. The molecule has 0 bridgehead atoms. The number of nitrogens with two attached hydrogens (primary N) is 1. The standard InChI is InChI=1S/C16H24N4O/c1-11(17)8-14-16(18-15-6-4-5-7-19(14)15)20-9-13(3)21-10-12(20)2/h4-7,11-13H,8-10,17H2,1-3H3. The van der Waals surface area contributed by atoms with Crippen molar-refractivity contribution in [3.8, 4) is 0 Å². The highest BCUT2D eigenvalue weighted by Gasteiger charge is 2.28. The Bertz CT molecular complexity index is 622. The summed E-state index contributed by atoms with van der Waals surface area (Å²) in [5.74, 6) is 1.06. The summed E-state index contributed by atoms with van der Waals surface area (Å²) in [6.45, 7) is 7.95. The number of ether oxygens (including phenoxy) is 1. The molecule has 2 N–H and O–H groups in total. The lowest BCUT2D eigenvalue weighted by atomic mass is 10.1. The van der Waals surface area contributed by atoms with Crippen molar-refractivity contribution in [2.75, 3.05) is 18.1 Å². The first-order valence-corrected chi connectivity index (χ1v) is 7.66. The molecular formula is C16H24N4O. The van der Waals surface area contributed by atoms with Gasteiger partial charge in [0.1, 0.15) is 5.65 Å². The average molecular weight is 288 g/mol. The Morgan fingerprint density at radius 3 is 3.00 bits per heavy atom. The number of aromatic nitrogens is 2. The molecule has 2 aromatic rings. The van der Waals surface area contributed by atoms with E-state index in [9.17, 15) is 0 Å². The number of hydrogen-bond acceptors (Lipinski definition) is 4. The highest BCUT2D eigenvalue weighted by molar-refractivity contribution is 5.57. The van der Waals surface area contributed by atoms with E-state index < -0.39 is 0 Å². The fourth-order valence-electron chi connectivity index (χ4n) is 2.96. The molecule has 114 valence electrons. The molecule has 3 unspecified atom stereocenters. The number of fused-ring (bicyclic) bond motifs is 1. The van der Waals surface area contributed by atoms with Crippen molar-refractivity contribution in [2.45, 2.75) is 45.4 Å². The van der Waals surface area contributed by atoms with Crippen molar-refractivity contribution in [1.29, 1.82) is 0 Å². The lowest BCUT2D eigenvalue weighted by molar-refractivity contribution is 0.0340. The molecule has 1 aliphatic heterocycles. The normalized spacial score (nSPS) is 24.5. The lowest BCUT2D eigenvalue weighted by Gasteiger charge is -2.37. The second-order valence-electron chi connectivity index (χ2n) is 6.14. The molecule has 21 heavy (non-hydrogen) atoms. The van der Waals surface area contributed by atoms with Gasteiger partial charge in [0.25, 0.3) is 0 Å². The van der Waals surface area contributed by atoms with Crippen molar-refractivity contribution in [3.63, 3.8) is 0 Å². The molecule has 2 aromatic heterocycles. The van der Waals surface area contributed by atoms with Gasteiger partial charge in [0.15, 0.2) is 5.82 Å². The van der Waals surface area contributed by atoms with Crippen LogP contribution in [0, 0.1) is 0 Å². The van der Waals surface area contributed by atoms with Gasteiger partial charge >= 0.3 is 0 Å². The molecule has 1 aliphatic rings. The summed E-state index contributed by atoms with van der Waals surface area (Å²) in [5.41, 5.74) is 8.23. The second kappa shape index (κ2) is 5.66. The zero-order chi connectivity index (χ0) is 15.0. The molecule has 1 fully saturated rings. The van der Waals surface area contributed by atoms with Gasteiger partial charge in [-0.1, -0.05) is 6.07 Å². The highest BCUT2D eigenvalue weighted by Crippen LogP contribution is 2.27. The van der Waals surface area contributed by atoms with E-state index in [1.165, 1.54) is 5.69 Å². The van der Waals surface area contributed by atoms with Crippen molar-refractivity contribution in [2.24, 2.45) is 5.73 Å². The van der Waals surface area contributed by atoms with E-state index in [1.54, 1.807) is 0 Å². The Hall–Kier alpha value is -1.59. The SMILES string of the molecule is CC(N)Cc1c(N2CC(C)OCC2C)nc2ccccn12. The largest absolute Gasteiger partial charge is 0.375 e. The van der Waals surface area contributed by atoms with Gasteiger partial charge < -0.3 is 19.8 Å². The van der Waals surface area contributed by atoms with Gasteiger partial charge in [-0.3, -0.25) is 0 Å². The molecule has 0 saturated carbocycles. The highest BCUT2D eigenvalue weighted by atomic mass is 16.5. The van der Waals surface area contributed by atoms with Crippen LogP contribution in [-0.2, 0) is 11.2 Å². The Balaban J connectivity index is 2.07. The number of nitrogens with zero attached hydrogens (tertiary/aromatic N) is 3. The number of rotatable bonds is 3. The third kappa shape index (κ3) is 2.76. The number of pyridine rings is 1. The van der Waals surface area contributed by atoms with Crippen LogP contribution in [0.5, 0.6) is 0 Å². The van der Waals surface area contributed by atoms with Gasteiger partial charge in [-0.05, 0) is 32.9 Å². The van der Waals surface area contributed by atoms with Crippen LogP contribution in [0.1, 0.15) is 26.5 Å². The van der Waals surface area contributed by atoms with Crippen molar-refractivity contribution in [1.82, 2.24) is 9.38 Å². The molecule has 5 nitrogen and oxygen atoms in total. The zero-order valence-electron chi connectivity index (χ0n) is 13.0. The van der Waals surface area contributed by atoms with Crippen LogP contribution in [0.25, 0.3) is 5.65 Å². The lowest BCUT2D eigenvalue weighted by Crippen LogP contribution is -2.48. The summed E-state index contributed by atoms with van der Waals surface area (Å²) in [7, 11) is 0. The maximum absolute atomic E-state index is 6.05. The maximum atomic E-state index is 6.05. The van der Waals surface area contributed by atoms with E-state index in [2.05, 4.69) is 29.3 Å². The third-order valence-corrected chi connectivity index (χ3v) is 4.00. The minimum absolute atomic E-state index is 0.109. The molecule has 1 saturated heterocycles. The number of hydrogen-bond donors (Lipinski definition) is 1. The van der Waals surface area contributed by atoms with Gasteiger partial charge in [-0.2, -0.15) is 0 Å². The van der Waals surface area contributed by atoms with Crippen LogP contribution in [-0.4, -0.2) is 40.7 Å². The quantitative estimate of drug-likeness (QED) is 0.936. The average Bonchev–Trinajstić information content (AvgIpc) is 2.80. The van der Waals surface area contributed by atoms with E-state index in [-0.39, 0.29) is 12.1 Å². The maximum Gasteiger partial charge on any atom is 0.151 e. The van der Waals surface area contributed by atoms with E-state index >= 15 is 0 Å². The van der Waals surface area contributed by atoms with Crippen LogP contribution >= 0.6 is 0 Å². The molecule has 0 radical (unpaired) electrons. The van der Waals surface area contributed by atoms with E-state index in [1.807, 2.05) is 25.1 Å². The zero-order valence-corrected chi connectivity index (χ0v) is 13.0. The first-order valence-electron chi connectivity index (χ1n) is 7.66. The molecule has 5 heteroatoms. The predicted octanol–water partition coefficient (Wildman–Crippen LogP) is 1.84. The molecule has 0 aliphatic carbocycles. The Morgan fingerprint density at radius 2 is 2.24 bits per heavy atom. The van der Waals surface area contributed by atoms with Crippen molar-refractivity contribution >= 4 is 11.5 Å². The number of imidazole rings is 1. The van der Waals surface area contributed by atoms with E-state index in [4.69, 9.17) is 15.5 Å². The van der Waals surface area contributed by atoms with Gasteiger partial charge in [0, 0.05) is 25.2 Å². The molecule has 0 amide bonds. The molecule has 3 rings (SSSR count). The molecule has 3 atom stereocenters. The predicted molar refractivity (Wildman–Crippen MR) is 84.8 cm³/mol. The molecule has 0 spiro atoms. The van der Waals surface area contributed by atoms with Gasteiger partial charge in [0.2, 0.25) is 0 Å². The number of anilines is 1. The van der Waals surface area contributed by atoms with Crippen LogP contribution in [0.4, 0.5) is 5.82 Å². The second-order valence-corrected chi connectivity index (χ2v) is 6.14. The van der Waals surface area contributed by atoms with Crippen LogP contribution in [0.2, 0.25) is 0 Å². The van der Waals surface area contributed by atoms with Crippen LogP contribution < -0.4 is 10.6 Å². The first kappa shape index (κ1) is 14.4. The Morgan fingerprint density at radius 1 is 1.43 bits per heavy atom. The van der Waals surface area contributed by atoms with Gasteiger partial charge in [-0.15, -0.1) is 0 Å². The Kier molecular flexibility index (Phi) is 3.87. The monoisotopic (exact) mass is 288 g/mol. The van der Waals surface area contributed by atoms with E-state index in [0.717, 1.165) is 31.0 Å². The molecule has 3 heterocycles. The molecule has 0 aromatic carbocycles. The third-order valence-electron chi connectivity index (χ3n) is 4.00. The fourth-order valence-corrected chi connectivity index (χ4v) is 2.96. The van der Waals surface area contributed by atoms with Crippen LogP contribution in [0.15, 0.2) is 24.4 Å². The topological polar surface area (TPSA) is 55.8 Å². The smallest absolute Gasteiger partial charge is 0.151 e. The summed E-state index contributed by atoms with van der Waals surface area (Å²) < 4.78 is 7.89. The van der Waals surface area contributed by atoms with Gasteiger partial charge in [-0.25, -0.2) is 4.98 Å². The molecular weight excluding hydrogens is 264 g/mol. The summed E-state index contributed by atoms with van der Waals surface area (Å²) in [4.78, 5) is 7.21. The minimum Gasteiger partial charge on any atom is -0.375 e. The van der Waals surface area contributed by atoms with Crippen molar-refractivity contribution in [3.05, 3.63) is 30.1 Å². The first-order chi connectivity index (χ1) is 10.1. The van der Waals surface area contributed by atoms with Crippen LogP contribution in [0.3, 0.4) is 0 Å². The summed E-state index contributed by atoms with van der Waals surface area (Å²) in [5, 5.41) is 0. The van der Waals surface area contributed by atoms with Gasteiger partial charge in [0.05, 0.1) is 24.4 Å². The summed E-state index contributed by atoms with van der Waals surface area (Å²) in [6, 6.07) is 6.54. The van der Waals surface area contributed by atoms with Crippen molar-refractivity contribution < 1.29 is 4.74 Å². The Labute approximate surface area is 125 Å².